The molecular weight excluding hydrogens is 226 g/mol. The Hall–Kier alpha value is -1.88. The first-order chi connectivity index (χ1) is 8.69. The number of pyridine rings is 1. The maximum Gasteiger partial charge on any atom is 0.123 e. The van der Waals surface area contributed by atoms with Crippen LogP contribution in [0.3, 0.4) is 0 Å². The fraction of sp³-hybridized carbons (Fsp3) is 0.385. The molecule has 18 heavy (non-hydrogen) atoms. The molecule has 0 radical (unpaired) electrons. The predicted molar refractivity (Wildman–Crippen MR) is 72.0 cm³/mol. The molecule has 0 saturated heterocycles. The lowest BCUT2D eigenvalue weighted by atomic mass is 10.0. The summed E-state index contributed by atoms with van der Waals surface area (Å²) in [5.74, 6) is 0.559. The van der Waals surface area contributed by atoms with Crippen LogP contribution in [-0.4, -0.2) is 21.3 Å². The van der Waals surface area contributed by atoms with Gasteiger partial charge < -0.3 is 11.1 Å². The lowest BCUT2D eigenvalue weighted by molar-refractivity contribution is 0.528. The van der Waals surface area contributed by atoms with Crippen molar-refractivity contribution in [1.82, 2.24) is 20.1 Å². The van der Waals surface area contributed by atoms with Gasteiger partial charge in [0.2, 0.25) is 0 Å². The van der Waals surface area contributed by atoms with Crippen molar-refractivity contribution in [2.75, 3.05) is 12.3 Å². The second-order valence-corrected chi connectivity index (χ2v) is 4.32. The number of anilines is 1. The van der Waals surface area contributed by atoms with Crippen LogP contribution in [-0.2, 0) is 13.5 Å². The highest BCUT2D eigenvalue weighted by Gasteiger charge is 2.13. The number of nitrogen functional groups attached to an aromatic ring is 1. The zero-order valence-electron chi connectivity index (χ0n) is 10.8. The van der Waals surface area contributed by atoms with E-state index < -0.39 is 0 Å². The smallest absolute Gasteiger partial charge is 0.123 e. The van der Waals surface area contributed by atoms with Crippen LogP contribution in [0.1, 0.15) is 24.2 Å². The van der Waals surface area contributed by atoms with Gasteiger partial charge in [-0.1, -0.05) is 6.92 Å². The summed E-state index contributed by atoms with van der Waals surface area (Å²) >= 11 is 0. The van der Waals surface area contributed by atoms with Gasteiger partial charge in [-0.3, -0.25) is 4.68 Å². The number of hydrogen-bond acceptors (Lipinski definition) is 4. The molecule has 2 heterocycles. The predicted octanol–water partition coefficient (Wildman–Crippen LogP) is 1.29. The molecule has 2 aromatic rings. The van der Waals surface area contributed by atoms with E-state index in [1.54, 1.807) is 6.20 Å². The SMILES string of the molecule is CCNC(Cc1ccnc(N)c1)c1ccn(C)n1. The molecule has 5 nitrogen and oxygen atoms in total. The molecule has 0 fully saturated rings. The van der Waals surface area contributed by atoms with Crippen LogP contribution in [0.4, 0.5) is 5.82 Å². The highest BCUT2D eigenvalue weighted by molar-refractivity contribution is 5.32. The van der Waals surface area contributed by atoms with Gasteiger partial charge in [0.15, 0.2) is 0 Å². The summed E-state index contributed by atoms with van der Waals surface area (Å²) in [6.07, 6.45) is 4.56. The molecule has 1 atom stereocenters. The quantitative estimate of drug-likeness (QED) is 0.833. The normalized spacial score (nSPS) is 12.6. The Morgan fingerprint density at radius 1 is 1.44 bits per heavy atom. The Morgan fingerprint density at radius 3 is 2.89 bits per heavy atom. The summed E-state index contributed by atoms with van der Waals surface area (Å²) in [6.45, 7) is 3.00. The van der Waals surface area contributed by atoms with E-state index in [0.717, 1.165) is 18.7 Å². The molecule has 0 spiro atoms. The summed E-state index contributed by atoms with van der Waals surface area (Å²) < 4.78 is 1.82. The average molecular weight is 245 g/mol. The number of nitrogens with zero attached hydrogens (tertiary/aromatic N) is 3. The zero-order chi connectivity index (χ0) is 13.0. The van der Waals surface area contributed by atoms with Crippen LogP contribution in [0.25, 0.3) is 0 Å². The van der Waals surface area contributed by atoms with Crippen molar-refractivity contribution in [2.24, 2.45) is 7.05 Å². The average Bonchev–Trinajstić information content (AvgIpc) is 2.75. The number of nitrogens with two attached hydrogens (primary N) is 1. The van der Waals surface area contributed by atoms with E-state index in [0.29, 0.717) is 5.82 Å². The second kappa shape index (κ2) is 5.64. The molecule has 5 heteroatoms. The van der Waals surface area contributed by atoms with Crippen molar-refractivity contribution in [1.29, 1.82) is 0 Å². The maximum absolute atomic E-state index is 5.70. The van der Waals surface area contributed by atoms with Crippen molar-refractivity contribution in [3.8, 4) is 0 Å². The van der Waals surface area contributed by atoms with E-state index >= 15 is 0 Å². The van der Waals surface area contributed by atoms with Gasteiger partial charge in [0, 0.05) is 19.4 Å². The number of aryl methyl sites for hydroxylation is 1. The van der Waals surface area contributed by atoms with Gasteiger partial charge in [-0.15, -0.1) is 0 Å². The largest absolute Gasteiger partial charge is 0.384 e. The van der Waals surface area contributed by atoms with E-state index in [4.69, 9.17) is 5.73 Å². The van der Waals surface area contributed by atoms with Crippen molar-refractivity contribution in [2.45, 2.75) is 19.4 Å². The summed E-state index contributed by atoms with van der Waals surface area (Å²) in [4.78, 5) is 4.01. The van der Waals surface area contributed by atoms with Crippen LogP contribution >= 0.6 is 0 Å². The third kappa shape index (κ3) is 3.07. The van der Waals surface area contributed by atoms with Crippen molar-refractivity contribution >= 4 is 5.82 Å². The summed E-state index contributed by atoms with van der Waals surface area (Å²) in [5, 5.41) is 7.90. The van der Waals surface area contributed by atoms with Gasteiger partial charge >= 0.3 is 0 Å². The Balaban J connectivity index is 2.16. The zero-order valence-corrected chi connectivity index (χ0v) is 10.8. The van der Waals surface area contributed by atoms with E-state index in [2.05, 4.69) is 22.3 Å². The molecule has 0 aliphatic rings. The highest BCUT2D eigenvalue weighted by atomic mass is 15.3. The van der Waals surface area contributed by atoms with E-state index in [1.807, 2.05) is 36.1 Å². The first-order valence-electron chi connectivity index (χ1n) is 6.12. The molecule has 0 amide bonds. The summed E-state index contributed by atoms with van der Waals surface area (Å²) in [6, 6.07) is 6.15. The number of hydrogen-bond donors (Lipinski definition) is 2. The van der Waals surface area contributed by atoms with Gasteiger partial charge in [-0.05, 0) is 36.7 Å². The number of nitrogens with one attached hydrogen (secondary N) is 1. The lowest BCUT2D eigenvalue weighted by Crippen LogP contribution is -2.23. The standard InChI is InChI=1S/C13H19N5/c1-3-15-12(11-5-7-18(2)17-11)8-10-4-6-16-13(14)9-10/h4-7,9,12,15H,3,8H2,1-2H3,(H2,14,16). The Morgan fingerprint density at radius 2 is 2.28 bits per heavy atom. The van der Waals surface area contributed by atoms with Crippen LogP contribution in [0.5, 0.6) is 0 Å². The van der Waals surface area contributed by atoms with E-state index in [-0.39, 0.29) is 6.04 Å². The van der Waals surface area contributed by atoms with Crippen molar-refractivity contribution in [3.05, 3.63) is 41.9 Å². The van der Waals surface area contributed by atoms with Crippen molar-refractivity contribution in [3.63, 3.8) is 0 Å². The molecule has 2 rings (SSSR count). The topological polar surface area (TPSA) is 68.8 Å². The highest BCUT2D eigenvalue weighted by Crippen LogP contribution is 2.17. The van der Waals surface area contributed by atoms with E-state index in [1.165, 1.54) is 5.56 Å². The first kappa shape index (κ1) is 12.6. The lowest BCUT2D eigenvalue weighted by Gasteiger charge is -2.15. The molecule has 2 aromatic heterocycles. The molecule has 0 aliphatic carbocycles. The molecule has 0 saturated carbocycles. The Bertz CT molecular complexity index is 506. The molecular formula is C13H19N5. The van der Waals surface area contributed by atoms with Gasteiger partial charge in [-0.25, -0.2) is 4.98 Å². The summed E-state index contributed by atoms with van der Waals surface area (Å²) in [7, 11) is 1.93. The minimum Gasteiger partial charge on any atom is -0.384 e. The minimum atomic E-state index is 0.206. The van der Waals surface area contributed by atoms with E-state index in [9.17, 15) is 0 Å². The van der Waals surface area contributed by atoms with Crippen LogP contribution in [0.2, 0.25) is 0 Å². The Kier molecular flexibility index (Phi) is 3.94. The second-order valence-electron chi connectivity index (χ2n) is 4.32. The third-order valence-corrected chi connectivity index (χ3v) is 2.83. The van der Waals surface area contributed by atoms with Crippen LogP contribution in [0, 0.1) is 0 Å². The summed E-state index contributed by atoms with van der Waals surface area (Å²) in [5.41, 5.74) is 7.92. The minimum absolute atomic E-state index is 0.206. The molecule has 1 unspecified atom stereocenters. The van der Waals surface area contributed by atoms with Gasteiger partial charge in [0.05, 0.1) is 11.7 Å². The molecule has 0 bridgehead atoms. The monoisotopic (exact) mass is 245 g/mol. The number of aromatic nitrogens is 3. The number of likely N-dealkylation sites (N-methyl/N-ethyl adjacent to an activating group) is 1. The molecule has 0 aliphatic heterocycles. The fourth-order valence-corrected chi connectivity index (χ4v) is 2.00. The number of rotatable bonds is 5. The van der Waals surface area contributed by atoms with Crippen molar-refractivity contribution < 1.29 is 0 Å². The van der Waals surface area contributed by atoms with Crippen LogP contribution in [0.15, 0.2) is 30.6 Å². The Labute approximate surface area is 107 Å². The van der Waals surface area contributed by atoms with Gasteiger partial charge in [-0.2, -0.15) is 5.10 Å². The molecule has 3 N–H and O–H groups in total. The third-order valence-electron chi connectivity index (χ3n) is 2.83. The fourth-order valence-electron chi connectivity index (χ4n) is 2.00. The van der Waals surface area contributed by atoms with Gasteiger partial charge in [0.25, 0.3) is 0 Å². The molecule has 96 valence electrons. The van der Waals surface area contributed by atoms with Crippen LogP contribution < -0.4 is 11.1 Å². The first-order valence-corrected chi connectivity index (χ1v) is 6.12. The molecule has 0 aromatic carbocycles. The van der Waals surface area contributed by atoms with Gasteiger partial charge in [0.1, 0.15) is 5.82 Å². The maximum atomic E-state index is 5.70.